The van der Waals surface area contributed by atoms with Crippen LogP contribution in [0.1, 0.15) is 23.7 Å². The molecule has 0 radical (unpaired) electrons. The molecule has 0 spiro atoms. The van der Waals surface area contributed by atoms with Gasteiger partial charge in [-0.25, -0.2) is 8.78 Å². The fourth-order valence-electron chi connectivity index (χ4n) is 4.01. The van der Waals surface area contributed by atoms with Gasteiger partial charge in [0.2, 0.25) is 5.91 Å². The Morgan fingerprint density at radius 3 is 2.06 bits per heavy atom. The second-order valence-corrected chi connectivity index (χ2v) is 8.39. The lowest BCUT2D eigenvalue weighted by Crippen LogP contribution is -2.52. The number of hydrogen-bond acceptors (Lipinski definition) is 5. The van der Waals surface area contributed by atoms with Crippen LogP contribution in [0, 0.1) is 11.6 Å². The second-order valence-electron chi connectivity index (χ2n) is 8.39. The van der Waals surface area contributed by atoms with Gasteiger partial charge in [0.05, 0.1) is 5.69 Å². The lowest BCUT2D eigenvalue weighted by Gasteiger charge is -2.36. The van der Waals surface area contributed by atoms with Gasteiger partial charge in [-0.05, 0) is 67.1 Å². The van der Waals surface area contributed by atoms with Crippen molar-refractivity contribution in [2.45, 2.75) is 13.3 Å². The lowest BCUT2D eigenvalue weighted by atomic mass is 10.1. The van der Waals surface area contributed by atoms with Gasteiger partial charge in [-0.1, -0.05) is 6.92 Å². The summed E-state index contributed by atoms with van der Waals surface area (Å²) in [7, 11) is 0. The minimum atomic E-state index is -0.410. The van der Waals surface area contributed by atoms with Gasteiger partial charge in [-0.2, -0.15) is 0 Å². The molecule has 0 unspecified atom stereocenters. The predicted molar refractivity (Wildman–Crippen MR) is 129 cm³/mol. The first kappa shape index (κ1) is 24.3. The van der Waals surface area contributed by atoms with E-state index < -0.39 is 5.82 Å². The summed E-state index contributed by atoms with van der Waals surface area (Å²) < 4.78 is 26.3. The van der Waals surface area contributed by atoms with E-state index in [2.05, 4.69) is 15.1 Å². The zero-order chi connectivity index (χ0) is 24.8. The topological polar surface area (TPSA) is 69.6 Å². The highest BCUT2D eigenvalue weighted by atomic mass is 19.1. The van der Waals surface area contributed by atoms with E-state index in [0.717, 1.165) is 5.56 Å². The number of hydrogen-bond donors (Lipinski definition) is 0. The summed E-state index contributed by atoms with van der Waals surface area (Å²) in [6.07, 6.45) is 0.709. The van der Waals surface area contributed by atoms with E-state index in [1.807, 2.05) is 19.1 Å². The molecule has 1 aromatic heterocycles. The summed E-state index contributed by atoms with van der Waals surface area (Å²) in [6.45, 7) is 4.56. The standard InChI is InChI=1S/C26H27F2N5O2/c1-2-13-33(26(35)20-5-9-22(28)10-6-20)18-25(34)32-16-14-31(15-17-32)24-12-11-23(29-30-24)19-3-7-21(27)8-4-19/h3-12H,2,13-18H2,1H3. The Morgan fingerprint density at radius 1 is 0.857 bits per heavy atom. The molecule has 1 saturated heterocycles. The fourth-order valence-corrected chi connectivity index (χ4v) is 4.01. The lowest BCUT2D eigenvalue weighted by molar-refractivity contribution is -0.132. The fraction of sp³-hybridized carbons (Fsp3) is 0.308. The van der Waals surface area contributed by atoms with Crippen molar-refractivity contribution in [2.24, 2.45) is 0 Å². The van der Waals surface area contributed by atoms with E-state index in [1.165, 1.54) is 41.3 Å². The highest BCUT2D eigenvalue weighted by Crippen LogP contribution is 2.20. The van der Waals surface area contributed by atoms with Crippen LogP contribution in [0.15, 0.2) is 60.7 Å². The van der Waals surface area contributed by atoms with Gasteiger partial charge in [0.25, 0.3) is 5.91 Å². The zero-order valence-corrected chi connectivity index (χ0v) is 19.5. The van der Waals surface area contributed by atoms with Crippen molar-refractivity contribution in [3.63, 3.8) is 0 Å². The molecule has 4 rings (SSSR count). The van der Waals surface area contributed by atoms with Crippen LogP contribution >= 0.6 is 0 Å². The van der Waals surface area contributed by atoms with Gasteiger partial charge in [-0.15, -0.1) is 10.2 Å². The quantitative estimate of drug-likeness (QED) is 0.518. The summed E-state index contributed by atoms with van der Waals surface area (Å²) >= 11 is 0. The van der Waals surface area contributed by atoms with E-state index in [-0.39, 0.29) is 24.2 Å². The molecule has 0 aliphatic carbocycles. The largest absolute Gasteiger partial charge is 0.352 e. The summed E-state index contributed by atoms with van der Waals surface area (Å²) in [5.74, 6) is -0.403. The normalized spacial score (nSPS) is 13.6. The molecule has 0 atom stereocenters. The molecular weight excluding hydrogens is 452 g/mol. The average molecular weight is 480 g/mol. The molecule has 2 aromatic carbocycles. The number of rotatable bonds is 7. The van der Waals surface area contributed by atoms with E-state index in [9.17, 15) is 18.4 Å². The number of amides is 2. The number of aromatic nitrogens is 2. The molecule has 0 saturated carbocycles. The third-order valence-electron chi connectivity index (χ3n) is 5.94. The summed E-state index contributed by atoms with van der Waals surface area (Å²) in [6, 6.07) is 15.2. The van der Waals surface area contributed by atoms with Crippen molar-refractivity contribution >= 4 is 17.6 Å². The molecule has 1 aliphatic rings. The van der Waals surface area contributed by atoms with Crippen LogP contribution in [-0.2, 0) is 4.79 Å². The minimum absolute atomic E-state index is 0.0176. The van der Waals surface area contributed by atoms with Crippen LogP contribution in [0.5, 0.6) is 0 Å². The smallest absolute Gasteiger partial charge is 0.254 e. The first-order valence-corrected chi connectivity index (χ1v) is 11.6. The number of nitrogens with zero attached hydrogens (tertiary/aromatic N) is 5. The van der Waals surface area contributed by atoms with Crippen molar-refractivity contribution in [3.8, 4) is 11.3 Å². The molecule has 9 heteroatoms. The summed E-state index contributed by atoms with van der Waals surface area (Å²) in [5, 5.41) is 8.57. The van der Waals surface area contributed by atoms with Crippen LogP contribution in [0.4, 0.5) is 14.6 Å². The van der Waals surface area contributed by atoms with Gasteiger partial charge in [0.15, 0.2) is 5.82 Å². The molecule has 2 amide bonds. The average Bonchev–Trinajstić information content (AvgIpc) is 2.89. The molecular formula is C26H27F2N5O2. The molecule has 3 aromatic rings. The maximum Gasteiger partial charge on any atom is 0.254 e. The number of piperazine rings is 1. The number of anilines is 1. The Bertz CT molecular complexity index is 1150. The summed E-state index contributed by atoms with van der Waals surface area (Å²) in [4.78, 5) is 31.1. The molecule has 2 heterocycles. The molecule has 0 bridgehead atoms. The van der Waals surface area contributed by atoms with Gasteiger partial charge < -0.3 is 14.7 Å². The molecule has 182 valence electrons. The number of benzene rings is 2. The maximum atomic E-state index is 13.2. The second kappa shape index (κ2) is 11.0. The highest BCUT2D eigenvalue weighted by Gasteiger charge is 2.25. The minimum Gasteiger partial charge on any atom is -0.352 e. The van der Waals surface area contributed by atoms with Crippen LogP contribution < -0.4 is 4.90 Å². The molecule has 1 aliphatic heterocycles. The Hall–Kier alpha value is -3.88. The summed E-state index contributed by atoms with van der Waals surface area (Å²) in [5.41, 5.74) is 1.80. The van der Waals surface area contributed by atoms with Crippen molar-refractivity contribution < 1.29 is 18.4 Å². The Kier molecular flexibility index (Phi) is 7.64. The van der Waals surface area contributed by atoms with Crippen LogP contribution in [-0.4, -0.2) is 71.1 Å². The van der Waals surface area contributed by atoms with Crippen molar-refractivity contribution in [3.05, 3.63) is 77.9 Å². The third-order valence-corrected chi connectivity index (χ3v) is 5.94. The maximum absolute atomic E-state index is 13.2. The Balaban J connectivity index is 1.33. The first-order chi connectivity index (χ1) is 16.9. The number of carbonyl (C=O) groups is 2. The van der Waals surface area contributed by atoms with Crippen molar-refractivity contribution in [1.29, 1.82) is 0 Å². The molecule has 0 N–H and O–H groups in total. The van der Waals surface area contributed by atoms with Gasteiger partial charge in [0.1, 0.15) is 18.2 Å². The predicted octanol–water partition coefficient (Wildman–Crippen LogP) is 3.62. The van der Waals surface area contributed by atoms with E-state index in [1.54, 1.807) is 17.0 Å². The molecule has 7 nitrogen and oxygen atoms in total. The van der Waals surface area contributed by atoms with Gasteiger partial charge in [0, 0.05) is 43.9 Å². The monoisotopic (exact) mass is 479 g/mol. The van der Waals surface area contributed by atoms with Gasteiger partial charge in [-0.3, -0.25) is 9.59 Å². The molecule has 35 heavy (non-hydrogen) atoms. The zero-order valence-electron chi connectivity index (χ0n) is 19.5. The van der Waals surface area contributed by atoms with Gasteiger partial charge >= 0.3 is 0 Å². The van der Waals surface area contributed by atoms with Crippen molar-refractivity contribution in [2.75, 3.05) is 44.2 Å². The number of carbonyl (C=O) groups excluding carboxylic acids is 2. The van der Waals surface area contributed by atoms with Crippen LogP contribution in [0.2, 0.25) is 0 Å². The Labute approximate surface area is 203 Å². The van der Waals surface area contributed by atoms with Crippen LogP contribution in [0.3, 0.4) is 0 Å². The number of halogens is 2. The third kappa shape index (κ3) is 5.98. The highest BCUT2D eigenvalue weighted by molar-refractivity contribution is 5.96. The Morgan fingerprint density at radius 2 is 1.49 bits per heavy atom. The SMILES string of the molecule is CCCN(CC(=O)N1CCN(c2ccc(-c3ccc(F)cc3)nn2)CC1)C(=O)c1ccc(F)cc1. The molecule has 1 fully saturated rings. The first-order valence-electron chi connectivity index (χ1n) is 11.6. The van der Waals surface area contributed by atoms with E-state index >= 15 is 0 Å². The van der Waals surface area contributed by atoms with Crippen LogP contribution in [0.25, 0.3) is 11.3 Å². The van der Waals surface area contributed by atoms with E-state index in [0.29, 0.717) is 56.2 Å². The van der Waals surface area contributed by atoms with E-state index in [4.69, 9.17) is 0 Å². The van der Waals surface area contributed by atoms with Crippen molar-refractivity contribution in [1.82, 2.24) is 20.0 Å².